The summed E-state index contributed by atoms with van der Waals surface area (Å²) >= 11 is 6.92. The fourth-order valence-electron chi connectivity index (χ4n) is 2.02. The quantitative estimate of drug-likeness (QED) is 0.565. The van der Waals surface area contributed by atoms with Gasteiger partial charge in [0.1, 0.15) is 11.3 Å². The third-order valence-corrected chi connectivity index (χ3v) is 4.41. The van der Waals surface area contributed by atoms with E-state index < -0.39 is 0 Å². The first-order valence-corrected chi connectivity index (χ1v) is 8.71. The molecule has 1 aromatic carbocycles. The molecule has 2 nitrogen and oxygen atoms in total. The van der Waals surface area contributed by atoms with Crippen LogP contribution in [0.25, 0.3) is 17.0 Å². The summed E-state index contributed by atoms with van der Waals surface area (Å²) in [7, 11) is 0. The van der Waals surface area contributed by atoms with Crippen LogP contribution >= 0.6 is 23.4 Å². The molecular weight excluding hydrogens is 304 g/mol. The monoisotopic (exact) mass is 322 g/mol. The van der Waals surface area contributed by atoms with Gasteiger partial charge in [-0.25, -0.2) is 0 Å². The Morgan fingerprint density at radius 1 is 1.29 bits per heavy atom. The van der Waals surface area contributed by atoms with Crippen molar-refractivity contribution in [1.82, 2.24) is 0 Å². The average molecular weight is 323 g/mol. The lowest BCUT2D eigenvalue weighted by atomic mass is 10.2. The summed E-state index contributed by atoms with van der Waals surface area (Å²) in [6.45, 7) is 2.17. The van der Waals surface area contributed by atoms with Crippen molar-refractivity contribution < 1.29 is 4.42 Å². The summed E-state index contributed by atoms with van der Waals surface area (Å²) in [5, 5.41) is 0.666. The van der Waals surface area contributed by atoms with E-state index in [2.05, 4.69) is 6.92 Å². The second-order valence-corrected chi connectivity index (χ2v) is 6.14. The molecule has 0 spiro atoms. The molecule has 0 bridgehead atoms. The van der Waals surface area contributed by atoms with E-state index in [9.17, 15) is 4.79 Å². The largest absolute Gasteiger partial charge is 0.455 e. The van der Waals surface area contributed by atoms with Crippen LogP contribution in [0.15, 0.2) is 44.4 Å². The van der Waals surface area contributed by atoms with Gasteiger partial charge in [0.15, 0.2) is 0 Å². The molecule has 0 fully saturated rings. The molecule has 2 heterocycles. The molecule has 0 saturated heterocycles. The summed E-state index contributed by atoms with van der Waals surface area (Å²) in [6.07, 6.45) is 7.61. The zero-order chi connectivity index (χ0) is 15.1. The van der Waals surface area contributed by atoms with Crippen LogP contribution in [0.4, 0.5) is 0 Å². The van der Waals surface area contributed by atoms with E-state index in [-0.39, 0.29) is 5.43 Å². The number of halogens is 1. The van der Waals surface area contributed by atoms with E-state index in [1.165, 1.54) is 31.0 Å². The summed E-state index contributed by atoms with van der Waals surface area (Å²) in [6, 6.07) is 7.36. The lowest BCUT2D eigenvalue weighted by molar-refractivity contribution is 0.574. The molecule has 0 atom stereocenters. The van der Waals surface area contributed by atoms with Crippen LogP contribution in [0.1, 0.15) is 31.9 Å². The molecular formula is C17H19ClO2S. The molecule has 112 valence electrons. The maximum absolute atomic E-state index is 12.1. The van der Waals surface area contributed by atoms with Crippen LogP contribution in [0.2, 0.25) is 0 Å². The third-order valence-electron chi connectivity index (χ3n) is 3.11. The van der Waals surface area contributed by atoms with Gasteiger partial charge in [0, 0.05) is 11.6 Å². The Hall–Kier alpha value is -1.19. The van der Waals surface area contributed by atoms with Crippen molar-refractivity contribution in [1.29, 1.82) is 0 Å². The summed E-state index contributed by atoms with van der Waals surface area (Å²) in [4.78, 5) is 12.8. The minimum absolute atomic E-state index is 0.0844. The van der Waals surface area contributed by atoms with Crippen LogP contribution in [-0.2, 0) is 0 Å². The predicted octanol–water partition coefficient (Wildman–Crippen LogP) is 5.33. The van der Waals surface area contributed by atoms with E-state index in [0.717, 1.165) is 16.5 Å². The molecule has 0 aliphatic carbocycles. The van der Waals surface area contributed by atoms with E-state index in [1.807, 2.05) is 30.4 Å². The lowest BCUT2D eigenvalue weighted by Gasteiger charge is -2.08. The van der Waals surface area contributed by atoms with Crippen molar-refractivity contribution >= 4 is 40.4 Å². The van der Waals surface area contributed by atoms with E-state index >= 15 is 0 Å². The van der Waals surface area contributed by atoms with Gasteiger partial charge in [0.05, 0.1) is 10.3 Å². The summed E-state index contributed by atoms with van der Waals surface area (Å²) in [5.41, 5.74) is 0.745. The van der Waals surface area contributed by atoms with Gasteiger partial charge >= 0.3 is 0 Å². The van der Waals surface area contributed by atoms with Crippen molar-refractivity contribution in [3.63, 3.8) is 0 Å². The standard InChI is InChI=1S/C12H8O2S.C5H11Cl/c13-11-8-4-1-2-5-9(8)14-10-6-3-7-15-12(10)11;1-2-3-4-5-6/h1-6H,7H2;2-5H2,1H3. The fraction of sp³-hybridized carbons (Fsp3) is 0.353. The van der Waals surface area contributed by atoms with Crippen molar-refractivity contribution in [3.05, 3.63) is 46.3 Å². The molecule has 0 unspecified atom stereocenters. The number of hydrogen-bond donors (Lipinski definition) is 0. The molecule has 0 saturated carbocycles. The Balaban J connectivity index is 0.000000232. The van der Waals surface area contributed by atoms with Gasteiger partial charge in [0.2, 0.25) is 5.43 Å². The van der Waals surface area contributed by atoms with E-state index in [4.69, 9.17) is 16.0 Å². The fourth-order valence-corrected chi connectivity index (χ4v) is 3.06. The van der Waals surface area contributed by atoms with Crippen molar-refractivity contribution in [2.45, 2.75) is 31.1 Å². The molecule has 1 aliphatic rings. The number of alkyl halides is 1. The van der Waals surface area contributed by atoms with Crippen LogP contribution < -0.4 is 5.43 Å². The topological polar surface area (TPSA) is 30.2 Å². The van der Waals surface area contributed by atoms with Gasteiger partial charge in [-0.15, -0.1) is 23.4 Å². The first-order valence-electron chi connectivity index (χ1n) is 7.19. The molecule has 1 aromatic heterocycles. The lowest BCUT2D eigenvalue weighted by Crippen LogP contribution is -2.08. The Kier molecular flexibility index (Phi) is 6.40. The summed E-state index contributed by atoms with van der Waals surface area (Å²) < 4.78 is 5.66. The van der Waals surface area contributed by atoms with Gasteiger partial charge in [-0.05, 0) is 24.6 Å². The Labute approximate surface area is 134 Å². The highest BCUT2D eigenvalue weighted by atomic mass is 35.5. The zero-order valence-corrected chi connectivity index (χ0v) is 13.7. The summed E-state index contributed by atoms with van der Waals surface area (Å²) in [5.74, 6) is 2.36. The molecule has 0 amide bonds. The van der Waals surface area contributed by atoms with Crippen molar-refractivity contribution in [2.24, 2.45) is 0 Å². The van der Waals surface area contributed by atoms with Crippen LogP contribution in [0.3, 0.4) is 0 Å². The highest BCUT2D eigenvalue weighted by Gasteiger charge is 2.14. The van der Waals surface area contributed by atoms with Gasteiger partial charge in [-0.1, -0.05) is 38.0 Å². The predicted molar refractivity (Wildman–Crippen MR) is 92.5 cm³/mol. The molecule has 1 aliphatic heterocycles. The molecule has 2 aromatic rings. The highest BCUT2D eigenvalue weighted by molar-refractivity contribution is 7.99. The minimum Gasteiger partial charge on any atom is -0.455 e. The van der Waals surface area contributed by atoms with Crippen LogP contribution in [0.5, 0.6) is 0 Å². The molecule has 21 heavy (non-hydrogen) atoms. The van der Waals surface area contributed by atoms with Crippen LogP contribution in [0, 0.1) is 0 Å². The smallest absolute Gasteiger partial charge is 0.206 e. The van der Waals surface area contributed by atoms with Crippen molar-refractivity contribution in [3.8, 4) is 0 Å². The molecule has 0 radical (unpaired) electrons. The molecule has 0 N–H and O–H groups in total. The van der Waals surface area contributed by atoms with Gasteiger partial charge < -0.3 is 4.42 Å². The number of thioether (sulfide) groups is 1. The van der Waals surface area contributed by atoms with E-state index in [0.29, 0.717) is 16.7 Å². The van der Waals surface area contributed by atoms with Crippen molar-refractivity contribution in [2.75, 3.05) is 11.6 Å². The highest BCUT2D eigenvalue weighted by Crippen LogP contribution is 2.28. The minimum atomic E-state index is 0.0844. The Morgan fingerprint density at radius 2 is 2.10 bits per heavy atom. The number of para-hydroxylation sites is 1. The first-order chi connectivity index (χ1) is 10.3. The Bertz CT molecular complexity index is 672. The molecule has 3 rings (SSSR count). The Morgan fingerprint density at radius 3 is 2.81 bits per heavy atom. The first kappa shape index (κ1) is 16.2. The number of benzene rings is 1. The number of rotatable bonds is 3. The number of hydrogen-bond acceptors (Lipinski definition) is 3. The van der Waals surface area contributed by atoms with Gasteiger partial charge in [-0.2, -0.15) is 0 Å². The van der Waals surface area contributed by atoms with E-state index in [1.54, 1.807) is 6.07 Å². The molecule has 4 heteroatoms. The maximum atomic E-state index is 12.1. The maximum Gasteiger partial charge on any atom is 0.206 e. The van der Waals surface area contributed by atoms with Crippen LogP contribution in [-0.4, -0.2) is 11.6 Å². The SMILES string of the molecule is CCCCCCl.O=c1c2c(oc3ccccc13)C=CCS2. The normalized spacial score (nSPS) is 12.7. The van der Waals surface area contributed by atoms with Gasteiger partial charge in [-0.3, -0.25) is 4.79 Å². The average Bonchev–Trinajstić information content (AvgIpc) is 2.54. The third kappa shape index (κ3) is 4.14. The zero-order valence-electron chi connectivity index (χ0n) is 12.1. The van der Waals surface area contributed by atoms with Gasteiger partial charge in [0.25, 0.3) is 0 Å². The number of fused-ring (bicyclic) bond motifs is 2. The second kappa shape index (κ2) is 8.30. The number of unbranched alkanes of at least 4 members (excludes halogenated alkanes) is 2. The second-order valence-electron chi connectivity index (χ2n) is 4.73.